The van der Waals surface area contributed by atoms with Crippen LogP contribution in [0, 0.1) is 5.41 Å². The Morgan fingerprint density at radius 2 is 1.71 bits per heavy atom. The van der Waals surface area contributed by atoms with Gasteiger partial charge in [0.1, 0.15) is 11.5 Å². The Morgan fingerprint density at radius 1 is 1.04 bits per heavy atom. The van der Waals surface area contributed by atoms with Crippen LogP contribution in [0.2, 0.25) is 0 Å². The molecule has 2 aromatic rings. The molecule has 0 unspecified atom stereocenters. The molecule has 128 valence electrons. The van der Waals surface area contributed by atoms with Crippen LogP contribution in [-0.2, 0) is 11.3 Å². The summed E-state index contributed by atoms with van der Waals surface area (Å²) in [7, 11) is 0. The van der Waals surface area contributed by atoms with Gasteiger partial charge in [0.05, 0.1) is 5.41 Å². The highest BCUT2D eigenvalue weighted by molar-refractivity contribution is 5.74. The van der Waals surface area contributed by atoms with Crippen molar-refractivity contribution in [1.82, 2.24) is 5.32 Å². The Kier molecular flexibility index (Phi) is 6.38. The summed E-state index contributed by atoms with van der Waals surface area (Å²) in [4.78, 5) is 11.5. The van der Waals surface area contributed by atoms with E-state index in [0.29, 0.717) is 25.9 Å². The second kappa shape index (κ2) is 8.50. The second-order valence-corrected chi connectivity index (χ2v) is 5.96. The maximum atomic E-state index is 11.5. The van der Waals surface area contributed by atoms with Gasteiger partial charge in [-0.1, -0.05) is 44.2 Å². The van der Waals surface area contributed by atoms with Gasteiger partial charge in [-0.05, 0) is 42.7 Å². The summed E-state index contributed by atoms with van der Waals surface area (Å²) in [6, 6.07) is 17.5. The molecular formula is C20H25NO3. The fourth-order valence-electron chi connectivity index (χ4n) is 2.67. The Labute approximate surface area is 143 Å². The summed E-state index contributed by atoms with van der Waals surface area (Å²) < 4.78 is 5.82. The smallest absolute Gasteiger partial charge is 0.310 e. The van der Waals surface area contributed by atoms with E-state index >= 15 is 0 Å². The van der Waals surface area contributed by atoms with Crippen molar-refractivity contribution in [2.24, 2.45) is 5.41 Å². The largest absolute Gasteiger partial charge is 0.481 e. The number of rotatable bonds is 9. The summed E-state index contributed by atoms with van der Waals surface area (Å²) in [5.41, 5.74) is 0.368. The zero-order valence-electron chi connectivity index (χ0n) is 14.3. The van der Waals surface area contributed by atoms with Crippen molar-refractivity contribution in [1.29, 1.82) is 0 Å². The van der Waals surface area contributed by atoms with Gasteiger partial charge in [-0.25, -0.2) is 0 Å². The lowest BCUT2D eigenvalue weighted by Crippen LogP contribution is -2.39. The number of hydrogen-bond donors (Lipinski definition) is 2. The lowest BCUT2D eigenvalue weighted by Gasteiger charge is -2.27. The van der Waals surface area contributed by atoms with Crippen LogP contribution in [0.25, 0.3) is 0 Å². The lowest BCUT2D eigenvalue weighted by molar-refractivity contribution is -0.149. The third kappa shape index (κ3) is 4.59. The molecule has 0 saturated carbocycles. The van der Waals surface area contributed by atoms with E-state index < -0.39 is 11.4 Å². The molecule has 0 saturated heterocycles. The Morgan fingerprint density at radius 3 is 2.33 bits per heavy atom. The van der Waals surface area contributed by atoms with Gasteiger partial charge in [-0.2, -0.15) is 0 Å². The molecule has 0 bridgehead atoms. The fourth-order valence-corrected chi connectivity index (χ4v) is 2.67. The summed E-state index contributed by atoms with van der Waals surface area (Å²) in [5, 5.41) is 12.7. The Bertz CT molecular complexity index is 651. The van der Waals surface area contributed by atoms with E-state index in [9.17, 15) is 9.90 Å². The van der Waals surface area contributed by atoms with Gasteiger partial charge in [-0.15, -0.1) is 0 Å². The van der Waals surface area contributed by atoms with Crippen LogP contribution in [-0.4, -0.2) is 17.6 Å². The molecule has 0 aliphatic carbocycles. The van der Waals surface area contributed by atoms with Crippen LogP contribution in [0.5, 0.6) is 11.5 Å². The zero-order chi connectivity index (χ0) is 17.4. The molecule has 0 fully saturated rings. The second-order valence-electron chi connectivity index (χ2n) is 5.96. The molecule has 0 spiro atoms. The molecule has 0 atom stereocenters. The van der Waals surface area contributed by atoms with Crippen LogP contribution in [0.3, 0.4) is 0 Å². The van der Waals surface area contributed by atoms with Gasteiger partial charge in [0.15, 0.2) is 0 Å². The number of nitrogens with one attached hydrogen (secondary N) is 1. The fraction of sp³-hybridized carbons (Fsp3) is 0.350. The van der Waals surface area contributed by atoms with E-state index in [-0.39, 0.29) is 0 Å². The number of aliphatic carboxylic acids is 1. The molecule has 2 N–H and O–H groups in total. The van der Waals surface area contributed by atoms with Crippen molar-refractivity contribution in [3.05, 3.63) is 60.2 Å². The topological polar surface area (TPSA) is 58.6 Å². The number of para-hydroxylation sites is 1. The number of carboxylic acids is 1. The van der Waals surface area contributed by atoms with Crippen molar-refractivity contribution in [2.45, 2.75) is 33.2 Å². The third-order valence-electron chi connectivity index (χ3n) is 4.48. The van der Waals surface area contributed by atoms with Crippen LogP contribution >= 0.6 is 0 Å². The van der Waals surface area contributed by atoms with Crippen molar-refractivity contribution in [3.63, 3.8) is 0 Å². The number of ether oxygens (including phenoxy) is 1. The van der Waals surface area contributed by atoms with Crippen molar-refractivity contribution in [3.8, 4) is 11.5 Å². The molecular weight excluding hydrogens is 302 g/mol. The maximum absolute atomic E-state index is 11.5. The quantitative estimate of drug-likeness (QED) is 0.714. The summed E-state index contributed by atoms with van der Waals surface area (Å²) in [6.45, 7) is 4.92. The van der Waals surface area contributed by atoms with Crippen LogP contribution in [0.4, 0.5) is 0 Å². The first-order chi connectivity index (χ1) is 11.6. The van der Waals surface area contributed by atoms with E-state index in [0.717, 1.165) is 17.1 Å². The maximum Gasteiger partial charge on any atom is 0.310 e. The molecule has 0 amide bonds. The SMILES string of the molecule is CCC(CC)(CNCc1cccc(Oc2ccccc2)c1)C(=O)O. The minimum absolute atomic E-state index is 0.457. The molecule has 0 heterocycles. The monoisotopic (exact) mass is 327 g/mol. The summed E-state index contributed by atoms with van der Waals surface area (Å²) in [6.07, 6.45) is 1.23. The van der Waals surface area contributed by atoms with Gasteiger partial charge in [0.2, 0.25) is 0 Å². The van der Waals surface area contributed by atoms with E-state index in [1.54, 1.807) is 0 Å². The molecule has 4 nitrogen and oxygen atoms in total. The van der Waals surface area contributed by atoms with Crippen molar-refractivity contribution < 1.29 is 14.6 Å². The normalized spacial score (nSPS) is 11.2. The van der Waals surface area contributed by atoms with Crippen molar-refractivity contribution in [2.75, 3.05) is 6.54 Å². The number of carbonyl (C=O) groups is 1. The van der Waals surface area contributed by atoms with Gasteiger partial charge < -0.3 is 15.2 Å². The minimum Gasteiger partial charge on any atom is -0.481 e. The third-order valence-corrected chi connectivity index (χ3v) is 4.48. The highest BCUT2D eigenvalue weighted by Gasteiger charge is 2.34. The van der Waals surface area contributed by atoms with Gasteiger partial charge in [0, 0.05) is 13.1 Å². The van der Waals surface area contributed by atoms with E-state index in [2.05, 4.69) is 5.32 Å². The molecule has 4 heteroatoms. The average Bonchev–Trinajstić information content (AvgIpc) is 2.60. The summed E-state index contributed by atoms with van der Waals surface area (Å²) in [5.74, 6) is 0.835. The van der Waals surface area contributed by atoms with Gasteiger partial charge >= 0.3 is 5.97 Å². The summed E-state index contributed by atoms with van der Waals surface area (Å²) >= 11 is 0. The minimum atomic E-state index is -0.735. The van der Waals surface area contributed by atoms with Crippen LogP contribution < -0.4 is 10.1 Å². The molecule has 0 aromatic heterocycles. The average molecular weight is 327 g/mol. The first kappa shape index (κ1) is 18.0. The Balaban J connectivity index is 1.96. The van der Waals surface area contributed by atoms with E-state index in [1.807, 2.05) is 68.4 Å². The van der Waals surface area contributed by atoms with Crippen molar-refractivity contribution >= 4 is 5.97 Å². The Hall–Kier alpha value is -2.33. The molecule has 0 aliphatic rings. The standard InChI is InChI=1S/C20H25NO3/c1-3-20(4-2,19(22)23)15-21-14-16-9-8-12-18(13-16)24-17-10-6-5-7-11-17/h5-13,21H,3-4,14-15H2,1-2H3,(H,22,23). The first-order valence-corrected chi connectivity index (χ1v) is 8.35. The first-order valence-electron chi connectivity index (χ1n) is 8.35. The lowest BCUT2D eigenvalue weighted by atomic mass is 9.82. The molecule has 0 aliphatic heterocycles. The van der Waals surface area contributed by atoms with E-state index in [4.69, 9.17) is 4.74 Å². The highest BCUT2D eigenvalue weighted by Crippen LogP contribution is 2.26. The van der Waals surface area contributed by atoms with Gasteiger partial charge in [-0.3, -0.25) is 4.79 Å². The van der Waals surface area contributed by atoms with Crippen LogP contribution in [0.1, 0.15) is 32.3 Å². The molecule has 2 aromatic carbocycles. The molecule has 0 radical (unpaired) electrons. The highest BCUT2D eigenvalue weighted by atomic mass is 16.5. The zero-order valence-corrected chi connectivity index (χ0v) is 14.3. The molecule has 24 heavy (non-hydrogen) atoms. The van der Waals surface area contributed by atoms with E-state index in [1.165, 1.54) is 0 Å². The number of hydrogen-bond acceptors (Lipinski definition) is 3. The van der Waals surface area contributed by atoms with Crippen LogP contribution in [0.15, 0.2) is 54.6 Å². The predicted octanol–water partition coefficient (Wildman–Crippen LogP) is 4.46. The predicted molar refractivity (Wildman–Crippen MR) is 95.3 cm³/mol. The molecule has 2 rings (SSSR count). The van der Waals surface area contributed by atoms with Gasteiger partial charge in [0.25, 0.3) is 0 Å². The number of carboxylic acid groups (broad SMARTS) is 1. The number of benzene rings is 2.